The van der Waals surface area contributed by atoms with Crippen LogP contribution in [0, 0.1) is 5.92 Å². The van der Waals surface area contributed by atoms with E-state index in [2.05, 4.69) is 62.4 Å². The van der Waals surface area contributed by atoms with E-state index in [1.54, 1.807) is 0 Å². The fraction of sp³-hybridized carbons (Fsp3) is 0.333. The summed E-state index contributed by atoms with van der Waals surface area (Å²) < 4.78 is 0. The summed E-state index contributed by atoms with van der Waals surface area (Å²) in [6.07, 6.45) is 2.38. The number of aryl methyl sites for hydroxylation is 1. The van der Waals surface area contributed by atoms with Gasteiger partial charge in [0.25, 0.3) is 0 Å². The summed E-state index contributed by atoms with van der Waals surface area (Å²) in [4.78, 5) is 0. The van der Waals surface area contributed by atoms with E-state index in [4.69, 9.17) is 5.73 Å². The lowest BCUT2D eigenvalue weighted by Crippen LogP contribution is -1.97. The molecule has 19 heavy (non-hydrogen) atoms. The van der Waals surface area contributed by atoms with Crippen molar-refractivity contribution in [2.24, 2.45) is 11.7 Å². The highest BCUT2D eigenvalue weighted by Gasteiger charge is 2.05. The molecule has 0 aliphatic heterocycles. The molecule has 2 aromatic carbocycles. The molecule has 0 spiro atoms. The summed E-state index contributed by atoms with van der Waals surface area (Å²) in [6.45, 7) is 5.16. The molecule has 0 amide bonds. The van der Waals surface area contributed by atoms with E-state index in [0.717, 1.165) is 12.3 Å². The molecule has 2 N–H and O–H groups in total. The van der Waals surface area contributed by atoms with Crippen molar-refractivity contribution in [3.05, 3.63) is 59.7 Å². The van der Waals surface area contributed by atoms with Gasteiger partial charge in [0.1, 0.15) is 0 Å². The Morgan fingerprint density at radius 3 is 2.26 bits per heavy atom. The van der Waals surface area contributed by atoms with Crippen LogP contribution in [-0.4, -0.2) is 0 Å². The van der Waals surface area contributed by atoms with Gasteiger partial charge in [-0.15, -0.1) is 0 Å². The van der Waals surface area contributed by atoms with E-state index in [9.17, 15) is 0 Å². The summed E-state index contributed by atoms with van der Waals surface area (Å²) in [5, 5.41) is 0. The van der Waals surface area contributed by atoms with Gasteiger partial charge < -0.3 is 5.73 Å². The Hall–Kier alpha value is -1.60. The Labute approximate surface area is 116 Å². The molecule has 1 nitrogen and oxygen atoms in total. The quantitative estimate of drug-likeness (QED) is 0.839. The molecule has 0 fully saturated rings. The van der Waals surface area contributed by atoms with Crippen molar-refractivity contribution in [2.45, 2.75) is 33.2 Å². The molecule has 0 atom stereocenters. The van der Waals surface area contributed by atoms with Gasteiger partial charge in [-0.2, -0.15) is 0 Å². The third kappa shape index (κ3) is 3.68. The van der Waals surface area contributed by atoms with Crippen molar-refractivity contribution in [1.82, 2.24) is 0 Å². The molecular weight excluding hydrogens is 230 g/mol. The zero-order chi connectivity index (χ0) is 13.7. The largest absolute Gasteiger partial charge is 0.326 e. The van der Waals surface area contributed by atoms with E-state index >= 15 is 0 Å². The Balaban J connectivity index is 2.27. The van der Waals surface area contributed by atoms with E-state index in [1.807, 2.05) is 0 Å². The zero-order valence-electron chi connectivity index (χ0n) is 11.9. The molecule has 0 saturated carbocycles. The van der Waals surface area contributed by atoms with E-state index in [0.29, 0.717) is 6.54 Å². The molecule has 2 aromatic rings. The first kappa shape index (κ1) is 13.8. The van der Waals surface area contributed by atoms with Crippen LogP contribution in [0.2, 0.25) is 0 Å². The summed E-state index contributed by atoms with van der Waals surface area (Å²) in [5.41, 5.74) is 10.9. The van der Waals surface area contributed by atoms with Gasteiger partial charge in [-0.3, -0.25) is 0 Å². The molecule has 0 unspecified atom stereocenters. The minimum Gasteiger partial charge on any atom is -0.326 e. The summed E-state index contributed by atoms with van der Waals surface area (Å²) in [6, 6.07) is 17.3. The SMILES string of the molecule is CC(C)CCc1ccccc1-c1ccc(CN)cc1. The highest BCUT2D eigenvalue weighted by Crippen LogP contribution is 2.25. The summed E-state index contributed by atoms with van der Waals surface area (Å²) in [7, 11) is 0. The van der Waals surface area contributed by atoms with Gasteiger partial charge in [0.05, 0.1) is 0 Å². The fourth-order valence-corrected chi connectivity index (χ4v) is 2.28. The maximum atomic E-state index is 5.65. The second-order valence-corrected chi connectivity index (χ2v) is 5.49. The van der Waals surface area contributed by atoms with Crippen LogP contribution in [0.1, 0.15) is 31.4 Å². The summed E-state index contributed by atoms with van der Waals surface area (Å²) >= 11 is 0. The molecule has 0 bridgehead atoms. The maximum Gasteiger partial charge on any atom is 0.0178 e. The van der Waals surface area contributed by atoms with Gasteiger partial charge in [-0.1, -0.05) is 62.4 Å². The highest BCUT2D eigenvalue weighted by molar-refractivity contribution is 5.67. The topological polar surface area (TPSA) is 26.0 Å². The molecule has 0 saturated heterocycles. The molecule has 2 rings (SSSR count). The smallest absolute Gasteiger partial charge is 0.0178 e. The van der Waals surface area contributed by atoms with Crippen LogP contribution < -0.4 is 5.73 Å². The van der Waals surface area contributed by atoms with Crippen molar-refractivity contribution >= 4 is 0 Å². The second-order valence-electron chi connectivity index (χ2n) is 5.49. The predicted molar refractivity (Wildman–Crippen MR) is 82.9 cm³/mol. The first-order chi connectivity index (χ1) is 9.20. The number of rotatable bonds is 5. The first-order valence-corrected chi connectivity index (χ1v) is 7.08. The molecule has 1 heteroatoms. The van der Waals surface area contributed by atoms with E-state index in [1.165, 1.54) is 28.7 Å². The van der Waals surface area contributed by atoms with Crippen LogP contribution in [0.3, 0.4) is 0 Å². The molecular formula is C18H23N. The minimum absolute atomic E-state index is 0.606. The van der Waals surface area contributed by atoms with Gasteiger partial charge in [-0.25, -0.2) is 0 Å². The first-order valence-electron chi connectivity index (χ1n) is 7.08. The Morgan fingerprint density at radius 1 is 0.947 bits per heavy atom. The van der Waals surface area contributed by atoms with Crippen LogP contribution in [0.25, 0.3) is 11.1 Å². The lowest BCUT2D eigenvalue weighted by molar-refractivity contribution is 0.587. The van der Waals surface area contributed by atoms with Gasteiger partial charge in [0.2, 0.25) is 0 Å². The molecule has 100 valence electrons. The fourth-order valence-electron chi connectivity index (χ4n) is 2.28. The van der Waals surface area contributed by atoms with Gasteiger partial charge >= 0.3 is 0 Å². The Kier molecular flexibility index (Phi) is 4.75. The number of hydrogen-bond acceptors (Lipinski definition) is 1. The monoisotopic (exact) mass is 253 g/mol. The second kappa shape index (κ2) is 6.53. The van der Waals surface area contributed by atoms with Crippen LogP contribution in [0.5, 0.6) is 0 Å². The number of hydrogen-bond donors (Lipinski definition) is 1. The molecule has 0 aromatic heterocycles. The van der Waals surface area contributed by atoms with Crippen LogP contribution in [-0.2, 0) is 13.0 Å². The third-order valence-corrected chi connectivity index (χ3v) is 3.51. The highest BCUT2D eigenvalue weighted by atomic mass is 14.5. The van der Waals surface area contributed by atoms with Crippen molar-refractivity contribution in [2.75, 3.05) is 0 Å². The zero-order valence-corrected chi connectivity index (χ0v) is 11.9. The van der Waals surface area contributed by atoms with Crippen LogP contribution in [0.4, 0.5) is 0 Å². The molecule has 0 radical (unpaired) electrons. The van der Waals surface area contributed by atoms with Crippen molar-refractivity contribution in [1.29, 1.82) is 0 Å². The van der Waals surface area contributed by atoms with Crippen LogP contribution >= 0.6 is 0 Å². The lowest BCUT2D eigenvalue weighted by Gasteiger charge is -2.11. The predicted octanol–water partition coefficient (Wildman–Crippen LogP) is 4.40. The van der Waals surface area contributed by atoms with Crippen molar-refractivity contribution < 1.29 is 0 Å². The van der Waals surface area contributed by atoms with Crippen molar-refractivity contribution in [3.63, 3.8) is 0 Å². The van der Waals surface area contributed by atoms with Gasteiger partial charge in [-0.05, 0) is 41.0 Å². The number of benzene rings is 2. The average Bonchev–Trinajstić information content (AvgIpc) is 2.45. The molecule has 0 aliphatic carbocycles. The lowest BCUT2D eigenvalue weighted by atomic mass is 9.94. The summed E-state index contributed by atoms with van der Waals surface area (Å²) in [5.74, 6) is 0.743. The third-order valence-electron chi connectivity index (χ3n) is 3.51. The van der Waals surface area contributed by atoms with E-state index in [-0.39, 0.29) is 0 Å². The van der Waals surface area contributed by atoms with Crippen molar-refractivity contribution in [3.8, 4) is 11.1 Å². The number of nitrogens with two attached hydrogens (primary N) is 1. The van der Waals surface area contributed by atoms with Crippen LogP contribution in [0.15, 0.2) is 48.5 Å². The Morgan fingerprint density at radius 2 is 1.63 bits per heavy atom. The van der Waals surface area contributed by atoms with E-state index < -0.39 is 0 Å². The maximum absolute atomic E-state index is 5.65. The minimum atomic E-state index is 0.606. The molecule has 0 heterocycles. The Bertz CT molecular complexity index is 511. The van der Waals surface area contributed by atoms with Gasteiger partial charge in [0, 0.05) is 6.54 Å². The average molecular weight is 253 g/mol. The normalized spacial score (nSPS) is 10.9. The standard InChI is InChI=1S/C18H23N/c1-14(2)7-10-16-5-3-4-6-18(16)17-11-8-15(13-19)9-12-17/h3-6,8-9,11-12,14H,7,10,13,19H2,1-2H3. The van der Waals surface area contributed by atoms with Gasteiger partial charge in [0.15, 0.2) is 0 Å². The molecule has 0 aliphatic rings.